The fraction of sp³-hybridized carbons (Fsp3) is 0.421. The number of hydrogen-bond donors (Lipinski definition) is 2. The van der Waals surface area contributed by atoms with Crippen LogP contribution in [0, 0.1) is 12.8 Å². The van der Waals surface area contributed by atoms with Gasteiger partial charge in [-0.3, -0.25) is 9.59 Å². The second kappa shape index (κ2) is 8.07. The first-order valence-electron chi connectivity index (χ1n) is 8.66. The number of carbonyl (C=O) groups is 1. The van der Waals surface area contributed by atoms with Gasteiger partial charge in [-0.1, -0.05) is 29.8 Å². The first kappa shape index (κ1) is 17.4. The maximum absolute atomic E-state index is 12.2. The molecule has 1 amide bonds. The lowest BCUT2D eigenvalue weighted by Gasteiger charge is -2.08. The summed E-state index contributed by atoms with van der Waals surface area (Å²) in [5.74, 6) is 0.672. The van der Waals surface area contributed by atoms with Crippen LogP contribution in [0.3, 0.4) is 0 Å². The maximum Gasteiger partial charge on any atom is 0.264 e. The number of benzene rings is 1. The zero-order valence-corrected chi connectivity index (χ0v) is 14.4. The van der Waals surface area contributed by atoms with Gasteiger partial charge >= 0.3 is 0 Å². The molecule has 1 aliphatic rings. The SMILES string of the molecule is Cc1ccc(-c2ncc(C(=O)NCCC[C@H]3CCOC3)c(=O)[nH]2)cc1. The van der Waals surface area contributed by atoms with Crippen molar-refractivity contribution in [3.63, 3.8) is 0 Å². The fourth-order valence-electron chi connectivity index (χ4n) is 2.91. The second-order valence-electron chi connectivity index (χ2n) is 6.47. The van der Waals surface area contributed by atoms with Crippen LogP contribution < -0.4 is 10.9 Å². The van der Waals surface area contributed by atoms with E-state index >= 15 is 0 Å². The van der Waals surface area contributed by atoms with Gasteiger partial charge in [-0.05, 0) is 32.1 Å². The third-order valence-electron chi connectivity index (χ3n) is 4.47. The molecular weight excluding hydrogens is 318 g/mol. The monoisotopic (exact) mass is 341 g/mol. The third kappa shape index (κ3) is 4.54. The molecule has 2 heterocycles. The van der Waals surface area contributed by atoms with Crippen molar-refractivity contribution in [2.75, 3.05) is 19.8 Å². The Kier molecular flexibility index (Phi) is 5.60. The summed E-state index contributed by atoms with van der Waals surface area (Å²) < 4.78 is 5.33. The number of aromatic amines is 1. The highest BCUT2D eigenvalue weighted by Gasteiger charge is 2.16. The average molecular weight is 341 g/mol. The lowest BCUT2D eigenvalue weighted by molar-refractivity contribution is 0.0950. The molecule has 132 valence electrons. The van der Waals surface area contributed by atoms with Gasteiger partial charge in [0.25, 0.3) is 11.5 Å². The number of hydrogen-bond acceptors (Lipinski definition) is 4. The predicted octanol–water partition coefficient (Wildman–Crippen LogP) is 2.29. The largest absolute Gasteiger partial charge is 0.381 e. The number of nitrogens with zero attached hydrogens (tertiary/aromatic N) is 1. The van der Waals surface area contributed by atoms with Crippen LogP contribution in [0.1, 0.15) is 35.2 Å². The van der Waals surface area contributed by atoms with Crippen LogP contribution >= 0.6 is 0 Å². The van der Waals surface area contributed by atoms with E-state index in [4.69, 9.17) is 4.74 Å². The number of aryl methyl sites for hydroxylation is 1. The van der Waals surface area contributed by atoms with Crippen molar-refractivity contribution in [3.05, 3.63) is 51.9 Å². The van der Waals surface area contributed by atoms with E-state index in [-0.39, 0.29) is 11.5 Å². The number of amides is 1. The Hall–Kier alpha value is -2.47. The van der Waals surface area contributed by atoms with Crippen LogP contribution in [0.5, 0.6) is 0 Å². The zero-order valence-electron chi connectivity index (χ0n) is 14.4. The summed E-state index contributed by atoms with van der Waals surface area (Å²) in [5, 5.41) is 2.79. The van der Waals surface area contributed by atoms with Crippen LogP contribution in [0.15, 0.2) is 35.3 Å². The third-order valence-corrected chi connectivity index (χ3v) is 4.47. The van der Waals surface area contributed by atoms with Gasteiger partial charge in [0.1, 0.15) is 11.4 Å². The molecule has 6 nitrogen and oxygen atoms in total. The van der Waals surface area contributed by atoms with Crippen molar-refractivity contribution >= 4 is 5.91 Å². The van der Waals surface area contributed by atoms with Gasteiger partial charge in [0, 0.05) is 31.5 Å². The number of aromatic nitrogens is 2. The Balaban J connectivity index is 1.57. The number of nitrogens with one attached hydrogen (secondary N) is 2. The maximum atomic E-state index is 12.2. The molecule has 1 fully saturated rings. The number of ether oxygens (including phenoxy) is 1. The van der Waals surface area contributed by atoms with Crippen LogP contribution in [-0.4, -0.2) is 35.6 Å². The van der Waals surface area contributed by atoms with Gasteiger partial charge in [-0.15, -0.1) is 0 Å². The summed E-state index contributed by atoms with van der Waals surface area (Å²) in [6, 6.07) is 7.68. The van der Waals surface area contributed by atoms with Gasteiger partial charge in [0.05, 0.1) is 0 Å². The van der Waals surface area contributed by atoms with Crippen LogP contribution in [0.2, 0.25) is 0 Å². The normalized spacial score (nSPS) is 16.8. The summed E-state index contributed by atoms with van der Waals surface area (Å²) in [4.78, 5) is 31.3. The Morgan fingerprint density at radius 3 is 2.84 bits per heavy atom. The van der Waals surface area contributed by atoms with Gasteiger partial charge in [0.15, 0.2) is 0 Å². The highest BCUT2D eigenvalue weighted by atomic mass is 16.5. The van der Waals surface area contributed by atoms with E-state index < -0.39 is 5.56 Å². The van der Waals surface area contributed by atoms with Crippen molar-refractivity contribution in [2.24, 2.45) is 5.92 Å². The van der Waals surface area contributed by atoms with E-state index in [1.807, 2.05) is 31.2 Å². The van der Waals surface area contributed by atoms with Gasteiger partial charge < -0.3 is 15.0 Å². The lowest BCUT2D eigenvalue weighted by Crippen LogP contribution is -2.31. The molecule has 1 aliphatic heterocycles. The van der Waals surface area contributed by atoms with E-state index in [1.165, 1.54) is 6.20 Å². The molecular formula is C19H23N3O3. The molecule has 2 N–H and O–H groups in total. The van der Waals surface area contributed by atoms with E-state index in [0.717, 1.165) is 43.6 Å². The van der Waals surface area contributed by atoms with Crippen molar-refractivity contribution in [3.8, 4) is 11.4 Å². The van der Waals surface area contributed by atoms with E-state index in [1.54, 1.807) is 0 Å². The first-order chi connectivity index (χ1) is 12.1. The molecule has 6 heteroatoms. The highest BCUT2D eigenvalue weighted by Crippen LogP contribution is 2.17. The Bertz CT molecular complexity index is 777. The van der Waals surface area contributed by atoms with Crippen LogP contribution in [-0.2, 0) is 4.74 Å². The van der Waals surface area contributed by atoms with E-state index in [0.29, 0.717) is 18.3 Å². The molecule has 1 aromatic heterocycles. The molecule has 2 aromatic rings. The average Bonchev–Trinajstić information content (AvgIpc) is 3.12. The summed E-state index contributed by atoms with van der Waals surface area (Å²) in [7, 11) is 0. The summed E-state index contributed by atoms with van der Waals surface area (Å²) >= 11 is 0. The zero-order chi connectivity index (χ0) is 17.6. The Morgan fingerprint density at radius 2 is 2.16 bits per heavy atom. The van der Waals surface area contributed by atoms with Crippen LogP contribution in [0.4, 0.5) is 0 Å². The smallest absolute Gasteiger partial charge is 0.264 e. The minimum atomic E-state index is -0.424. The minimum Gasteiger partial charge on any atom is -0.381 e. The molecule has 0 saturated carbocycles. The number of rotatable bonds is 6. The lowest BCUT2D eigenvalue weighted by atomic mass is 10.0. The molecule has 1 atom stereocenters. The Morgan fingerprint density at radius 1 is 1.36 bits per heavy atom. The van der Waals surface area contributed by atoms with E-state index in [9.17, 15) is 9.59 Å². The molecule has 25 heavy (non-hydrogen) atoms. The molecule has 0 spiro atoms. The van der Waals surface area contributed by atoms with Crippen LogP contribution in [0.25, 0.3) is 11.4 Å². The molecule has 3 rings (SSSR count). The molecule has 0 unspecified atom stereocenters. The molecule has 0 aliphatic carbocycles. The van der Waals surface area contributed by atoms with Gasteiger partial charge in [0.2, 0.25) is 0 Å². The van der Waals surface area contributed by atoms with Crippen molar-refractivity contribution in [1.29, 1.82) is 0 Å². The van der Waals surface area contributed by atoms with Crippen molar-refractivity contribution < 1.29 is 9.53 Å². The highest BCUT2D eigenvalue weighted by molar-refractivity contribution is 5.93. The number of H-pyrrole nitrogens is 1. The topological polar surface area (TPSA) is 84.1 Å². The quantitative estimate of drug-likeness (QED) is 0.790. The summed E-state index contributed by atoms with van der Waals surface area (Å²) in [6.07, 6.45) is 4.35. The minimum absolute atomic E-state index is 0.0417. The molecule has 1 aromatic carbocycles. The van der Waals surface area contributed by atoms with Gasteiger partial charge in [-0.25, -0.2) is 4.98 Å². The van der Waals surface area contributed by atoms with Crippen molar-refractivity contribution in [2.45, 2.75) is 26.2 Å². The van der Waals surface area contributed by atoms with Crippen molar-refractivity contribution in [1.82, 2.24) is 15.3 Å². The fourth-order valence-corrected chi connectivity index (χ4v) is 2.91. The first-order valence-corrected chi connectivity index (χ1v) is 8.66. The molecule has 1 saturated heterocycles. The summed E-state index contributed by atoms with van der Waals surface area (Å²) in [5.41, 5.74) is 1.56. The number of carbonyl (C=O) groups excluding carboxylic acids is 1. The molecule has 0 bridgehead atoms. The molecule has 0 radical (unpaired) electrons. The Labute approximate surface area is 146 Å². The second-order valence-corrected chi connectivity index (χ2v) is 6.47. The predicted molar refractivity (Wildman–Crippen MR) is 95.5 cm³/mol. The van der Waals surface area contributed by atoms with Gasteiger partial charge in [-0.2, -0.15) is 0 Å². The summed E-state index contributed by atoms with van der Waals surface area (Å²) in [6.45, 7) is 4.20. The van der Waals surface area contributed by atoms with E-state index in [2.05, 4.69) is 15.3 Å². The standard InChI is InChI=1S/C19H23N3O3/c1-13-4-6-15(7-5-13)17-21-11-16(19(24)22-17)18(23)20-9-2-3-14-8-10-25-12-14/h4-7,11,14H,2-3,8-10,12H2,1H3,(H,20,23)(H,21,22,24)/t14-/m0/s1.